The standard InChI is InChI=1S/C62H50N2O2P2.2Cu.Ti/c1-43(53-33-19-21-37-57(53)67(49-25-7-3-8-26-49)50-27-9-4-10-28-50)63-41-47-39-45-23-15-17-35-55(45)59(61(47)65)60-56-36-18-16-24-46(56)40-48(62(60)66)42-64-44(2)54-34-20-22-38-58(54)68(51-29-11-5-12-30-51)52-31-13-6-14-32-52;;;/h3-44,65-66H,1-2H3;;;/t43-,44-;;;/m0.../s1. The molecule has 9 heteroatoms. The third kappa shape index (κ3) is 11.3. The molecule has 71 heavy (non-hydrogen) atoms. The second-order valence-corrected chi connectivity index (χ2v) is 21.2. The average molecular weight is 1090 g/mol. The summed E-state index contributed by atoms with van der Waals surface area (Å²) in [5.74, 6) is 0.103. The van der Waals surface area contributed by atoms with E-state index in [1.54, 1.807) is 12.4 Å². The Balaban J connectivity index is 0.00000247. The molecule has 0 unspecified atom stereocenters. The van der Waals surface area contributed by atoms with Crippen LogP contribution in [0.4, 0.5) is 0 Å². The first-order valence-electron chi connectivity index (χ1n) is 23.0. The van der Waals surface area contributed by atoms with Crippen molar-refractivity contribution in [2.75, 3.05) is 0 Å². The van der Waals surface area contributed by atoms with Crippen LogP contribution in [0.3, 0.4) is 0 Å². The molecule has 2 atom stereocenters. The second kappa shape index (κ2) is 24.6. The predicted molar refractivity (Wildman–Crippen MR) is 293 cm³/mol. The van der Waals surface area contributed by atoms with Crippen LogP contribution in [0.2, 0.25) is 0 Å². The Morgan fingerprint density at radius 1 is 0.380 bits per heavy atom. The monoisotopic (exact) mass is 1090 g/mol. The zero-order valence-corrected chi connectivity index (χ0v) is 44.3. The van der Waals surface area contributed by atoms with Crippen LogP contribution < -0.4 is 31.8 Å². The van der Waals surface area contributed by atoms with Gasteiger partial charge in [0, 0.05) is 90.5 Å². The first kappa shape index (κ1) is 53.1. The molecule has 0 aliphatic carbocycles. The second-order valence-electron chi connectivity index (χ2n) is 16.9. The molecule has 0 saturated heterocycles. The number of aliphatic imine (C=N–C) groups is 2. The van der Waals surface area contributed by atoms with Crippen LogP contribution in [-0.2, 0) is 55.9 Å². The number of aromatic hydroxyl groups is 2. The zero-order valence-electron chi connectivity index (χ0n) is 39.0. The molecule has 0 heterocycles. The topological polar surface area (TPSA) is 65.2 Å². The maximum atomic E-state index is 12.5. The van der Waals surface area contributed by atoms with Crippen molar-refractivity contribution in [1.82, 2.24) is 0 Å². The van der Waals surface area contributed by atoms with Crippen LogP contribution in [0.25, 0.3) is 32.7 Å². The van der Waals surface area contributed by atoms with Gasteiger partial charge in [0.05, 0.1) is 12.1 Å². The molecule has 0 aliphatic heterocycles. The van der Waals surface area contributed by atoms with E-state index in [0.29, 0.717) is 22.3 Å². The van der Waals surface area contributed by atoms with Crippen LogP contribution in [0.5, 0.6) is 11.5 Å². The number of nitrogens with zero attached hydrogens (tertiary/aromatic N) is 2. The number of rotatable bonds is 13. The van der Waals surface area contributed by atoms with Crippen LogP contribution in [-0.4, -0.2) is 22.6 Å². The fraction of sp³-hybridized carbons (Fsp3) is 0.0645. The van der Waals surface area contributed by atoms with Gasteiger partial charge in [-0.05, 0) is 106 Å². The summed E-state index contributed by atoms with van der Waals surface area (Å²) in [5.41, 5.74) is 4.50. The van der Waals surface area contributed by atoms with E-state index in [4.69, 9.17) is 9.98 Å². The Labute approximate surface area is 455 Å². The molecule has 0 aromatic heterocycles. The summed E-state index contributed by atoms with van der Waals surface area (Å²) in [5, 5.41) is 36.2. The van der Waals surface area contributed by atoms with E-state index in [2.05, 4.69) is 184 Å². The third-order valence-corrected chi connectivity index (χ3v) is 17.6. The summed E-state index contributed by atoms with van der Waals surface area (Å²) in [6, 6.07) is 79.6. The van der Waals surface area contributed by atoms with Crippen LogP contribution in [0, 0.1) is 0 Å². The van der Waals surface area contributed by atoms with Gasteiger partial charge in [-0.15, -0.1) is 0 Å². The molecule has 10 aromatic carbocycles. The molecule has 0 amide bonds. The van der Waals surface area contributed by atoms with E-state index in [0.717, 1.165) is 32.7 Å². The van der Waals surface area contributed by atoms with Crippen LogP contribution in [0.1, 0.15) is 48.2 Å². The van der Waals surface area contributed by atoms with Gasteiger partial charge in [0.1, 0.15) is 11.5 Å². The number of fused-ring (bicyclic) bond motifs is 2. The quantitative estimate of drug-likeness (QED) is 0.0686. The molecule has 10 rings (SSSR count). The molecular formula is C62H50Cu2N2O2P2Ti. The molecule has 0 aliphatic rings. The van der Waals surface area contributed by atoms with E-state index in [9.17, 15) is 10.2 Å². The molecule has 0 fully saturated rings. The number of benzene rings is 10. The van der Waals surface area contributed by atoms with Crippen molar-refractivity contribution in [3.63, 3.8) is 0 Å². The fourth-order valence-corrected chi connectivity index (χ4v) is 14.3. The van der Waals surface area contributed by atoms with Gasteiger partial charge in [0.25, 0.3) is 0 Å². The van der Waals surface area contributed by atoms with Crippen molar-refractivity contribution in [3.8, 4) is 22.6 Å². The molecule has 4 nitrogen and oxygen atoms in total. The Morgan fingerprint density at radius 2 is 0.662 bits per heavy atom. The summed E-state index contributed by atoms with van der Waals surface area (Å²) >= 11 is 0. The summed E-state index contributed by atoms with van der Waals surface area (Å²) < 4.78 is 0. The SMILES string of the molecule is C[C@H](N=Cc1cc2ccccc2c(-c2c(O)c(C=N[C@@H](C)c3ccccc3P(c3ccccc3)c3ccccc3)cc3ccccc23)c1O)c1ccccc1P(c1ccccc1)c1ccccc1.[Cu].[Cu].[Ti]. The summed E-state index contributed by atoms with van der Waals surface area (Å²) in [4.78, 5) is 10.4. The first-order valence-corrected chi connectivity index (χ1v) is 25.7. The van der Waals surface area contributed by atoms with Crippen molar-refractivity contribution >= 4 is 81.6 Å². The Kier molecular flexibility index (Phi) is 18.4. The Hall–Kier alpha value is -5.73. The number of phenols is 2. The van der Waals surface area contributed by atoms with Crippen molar-refractivity contribution in [2.45, 2.75) is 25.9 Å². The molecular weight excluding hydrogens is 1040 g/mol. The predicted octanol–water partition coefficient (Wildman–Crippen LogP) is 12.9. The number of phenolic OH excluding ortho intramolecular Hbond substituents is 2. The molecule has 2 N–H and O–H groups in total. The average Bonchev–Trinajstić information content (AvgIpc) is 3.39. The molecule has 0 saturated carbocycles. The molecule has 2 radical (unpaired) electrons. The Bertz CT molecular complexity index is 3130. The normalized spacial score (nSPS) is 12.2. The van der Waals surface area contributed by atoms with Gasteiger partial charge in [-0.2, -0.15) is 0 Å². The van der Waals surface area contributed by atoms with E-state index in [1.165, 1.54) is 31.8 Å². The Morgan fingerprint density at radius 3 is 1.00 bits per heavy atom. The van der Waals surface area contributed by atoms with Gasteiger partial charge in [-0.1, -0.05) is 218 Å². The van der Waals surface area contributed by atoms with Crippen molar-refractivity contribution in [2.24, 2.45) is 9.98 Å². The molecule has 10 aromatic rings. The molecule has 0 bridgehead atoms. The third-order valence-electron chi connectivity index (χ3n) is 12.5. The number of hydrogen-bond donors (Lipinski definition) is 2. The fourth-order valence-electron chi connectivity index (χ4n) is 9.22. The minimum absolute atomic E-state index is 0. The summed E-state index contributed by atoms with van der Waals surface area (Å²) in [6.07, 6.45) is 3.59. The van der Waals surface area contributed by atoms with E-state index in [1.807, 2.05) is 60.7 Å². The van der Waals surface area contributed by atoms with Gasteiger partial charge < -0.3 is 10.2 Å². The summed E-state index contributed by atoms with van der Waals surface area (Å²) in [6.45, 7) is 4.23. The van der Waals surface area contributed by atoms with Crippen molar-refractivity contribution < 1.29 is 66.1 Å². The molecule has 356 valence electrons. The van der Waals surface area contributed by atoms with Crippen molar-refractivity contribution in [3.05, 3.63) is 253 Å². The van der Waals surface area contributed by atoms with E-state index < -0.39 is 15.8 Å². The number of hydrogen-bond acceptors (Lipinski definition) is 4. The minimum atomic E-state index is -0.860. The van der Waals surface area contributed by atoms with Gasteiger partial charge in [-0.25, -0.2) is 0 Å². The first-order chi connectivity index (χ1) is 33.4. The van der Waals surface area contributed by atoms with E-state index in [-0.39, 0.29) is 79.4 Å². The maximum absolute atomic E-state index is 12.5. The van der Waals surface area contributed by atoms with E-state index >= 15 is 0 Å². The van der Waals surface area contributed by atoms with Crippen LogP contribution >= 0.6 is 15.8 Å². The van der Waals surface area contributed by atoms with Crippen molar-refractivity contribution in [1.29, 1.82) is 0 Å². The van der Waals surface area contributed by atoms with Gasteiger partial charge in [0.15, 0.2) is 0 Å². The smallest absolute Gasteiger partial charge is 0.132 e. The van der Waals surface area contributed by atoms with Gasteiger partial charge >= 0.3 is 0 Å². The maximum Gasteiger partial charge on any atom is 0.132 e. The minimum Gasteiger partial charge on any atom is -0.507 e. The zero-order chi connectivity index (χ0) is 46.4. The molecule has 0 spiro atoms. The largest absolute Gasteiger partial charge is 0.507 e. The summed E-state index contributed by atoms with van der Waals surface area (Å²) in [7, 11) is -1.72. The van der Waals surface area contributed by atoms with Gasteiger partial charge in [0.2, 0.25) is 0 Å². The van der Waals surface area contributed by atoms with Crippen LogP contribution in [0.15, 0.2) is 241 Å². The van der Waals surface area contributed by atoms with Gasteiger partial charge in [-0.3, -0.25) is 9.98 Å².